The van der Waals surface area contributed by atoms with E-state index in [1.807, 2.05) is 0 Å². The first-order chi connectivity index (χ1) is 42.4. The van der Waals surface area contributed by atoms with E-state index in [9.17, 15) is 57.5 Å². The summed E-state index contributed by atoms with van der Waals surface area (Å²) in [4.78, 5) is 153. The second-order valence-electron chi connectivity index (χ2n) is 18.5. The van der Waals surface area contributed by atoms with Crippen molar-refractivity contribution in [1.29, 1.82) is 0 Å². The van der Waals surface area contributed by atoms with Crippen LogP contribution in [0.3, 0.4) is 0 Å². The maximum Gasteiger partial charge on any atom is 0.308 e. The number of esters is 12. The predicted molar refractivity (Wildman–Crippen MR) is 294 cm³/mol. The normalized spacial score (nSPS) is 11.1. The molecule has 30 heteroatoms. The third-order valence-corrected chi connectivity index (χ3v) is 10.9. The van der Waals surface area contributed by atoms with Gasteiger partial charge in [0.05, 0.1) is 11.1 Å². The number of carbonyl (C=O) groups is 12. The molecule has 0 radical (unpaired) electrons. The Bertz CT molecular complexity index is 3800. The summed E-state index contributed by atoms with van der Waals surface area (Å²) in [6.07, 6.45) is 0. The first-order valence-corrected chi connectivity index (χ1v) is 25.8. The van der Waals surface area contributed by atoms with Gasteiger partial charge in [0.15, 0.2) is 46.0 Å². The molecule has 0 saturated heterocycles. The van der Waals surface area contributed by atoms with E-state index in [4.69, 9.17) is 85.3 Å². The SMILES string of the molecule is CC(=O)Oc1cc(OC(C)=O)cc(Oc2c(OC(C)=O)cc(OC(C)=O)c3c2Oc2c(OC(C)=O)cc(OC(C)=O)c(-c4c(OC(C)=O)cc(OC(C)=O)c5c4Oc4c(OC(C)=O)cc(OC(C)=O)c(Oc6cc(OC(C)=O)cc(OC(C)=O)c6)c4O5)c2O3)c1. The Labute approximate surface area is 505 Å². The quantitative estimate of drug-likeness (QED) is 0.0604. The summed E-state index contributed by atoms with van der Waals surface area (Å²) in [7, 11) is 0. The van der Waals surface area contributed by atoms with E-state index in [2.05, 4.69) is 0 Å². The molecule has 0 aliphatic carbocycles. The molecule has 0 fully saturated rings. The zero-order chi connectivity index (χ0) is 65.7. The van der Waals surface area contributed by atoms with Gasteiger partial charge in [-0.3, -0.25) is 57.5 Å². The average molecular weight is 1250 g/mol. The van der Waals surface area contributed by atoms with Crippen molar-refractivity contribution in [3.8, 4) is 149 Å². The van der Waals surface area contributed by atoms with E-state index in [1.165, 1.54) is 0 Å². The number of fused-ring (bicyclic) bond motifs is 4. The van der Waals surface area contributed by atoms with Gasteiger partial charge in [0.25, 0.3) is 0 Å². The zero-order valence-corrected chi connectivity index (χ0v) is 49.0. The number of ether oxygens (including phenoxy) is 18. The van der Waals surface area contributed by atoms with Crippen molar-refractivity contribution in [2.45, 2.75) is 83.1 Å². The molecule has 466 valence electrons. The van der Waals surface area contributed by atoms with Crippen molar-refractivity contribution in [3.63, 3.8) is 0 Å². The van der Waals surface area contributed by atoms with Gasteiger partial charge >= 0.3 is 71.6 Å². The molecule has 0 amide bonds. The Balaban J connectivity index is 1.48. The molecule has 0 aromatic heterocycles. The van der Waals surface area contributed by atoms with Crippen molar-refractivity contribution in [1.82, 2.24) is 0 Å². The summed E-state index contributed by atoms with van der Waals surface area (Å²) in [6.45, 7) is 12.0. The summed E-state index contributed by atoms with van der Waals surface area (Å²) >= 11 is 0. The average Bonchev–Trinajstić information content (AvgIpc) is 0.723. The van der Waals surface area contributed by atoms with E-state index in [1.54, 1.807) is 0 Å². The highest BCUT2D eigenvalue weighted by Gasteiger charge is 2.43. The number of hydrogen-bond acceptors (Lipinski definition) is 30. The topological polar surface area (TPSA) is 371 Å². The fourth-order valence-corrected chi connectivity index (χ4v) is 8.38. The summed E-state index contributed by atoms with van der Waals surface area (Å²) in [6, 6.07) is 10.5. The van der Waals surface area contributed by atoms with Crippen molar-refractivity contribution in [3.05, 3.63) is 60.7 Å². The van der Waals surface area contributed by atoms with E-state index in [-0.39, 0.29) is 34.5 Å². The molecular weight excluding hydrogens is 1200 g/mol. The molecule has 0 spiro atoms. The standard InChI is InChI=1S/C60H46O30/c1-23(61)73-35-13-36(74-24(2)62)16-39(15-35)85-53-45(81-31(9)69)21-47(83-33(11)71)55-59(53)89-51-43(79-29(7)67)19-41(77-27(5)65)49(57(51)87-55)50-42(78-28(6)66)20-44(80-30(8)68)52-58(50)88-56-48(84-34(12)72)22-46(82-32(10)70)54(60(56)90-52)86-40-17-37(75-25(3)63)14-38(18-40)76-26(4)64/h13-22H,1-12H3. The molecule has 8 rings (SSSR count). The van der Waals surface area contributed by atoms with Crippen LogP contribution in [0.4, 0.5) is 0 Å². The molecule has 0 unspecified atom stereocenters. The second-order valence-corrected chi connectivity index (χ2v) is 18.5. The van der Waals surface area contributed by atoms with Crippen molar-refractivity contribution in [2.75, 3.05) is 0 Å². The zero-order valence-electron chi connectivity index (χ0n) is 49.0. The van der Waals surface area contributed by atoms with Crippen LogP contribution in [0.2, 0.25) is 0 Å². The summed E-state index contributed by atoms with van der Waals surface area (Å²) in [5.74, 6) is -25.2. The molecule has 30 nitrogen and oxygen atoms in total. The molecule has 2 aliphatic rings. The van der Waals surface area contributed by atoms with Gasteiger partial charge < -0.3 is 85.3 Å². The fourth-order valence-electron chi connectivity index (χ4n) is 8.38. The minimum absolute atomic E-state index is 0.243. The monoisotopic (exact) mass is 1250 g/mol. The molecule has 0 saturated carbocycles. The fraction of sp³-hybridized carbons (Fsp3) is 0.200. The van der Waals surface area contributed by atoms with Crippen LogP contribution in [0, 0.1) is 0 Å². The highest BCUT2D eigenvalue weighted by atomic mass is 16.6. The lowest BCUT2D eigenvalue weighted by Gasteiger charge is -2.31. The van der Waals surface area contributed by atoms with Crippen LogP contribution < -0.4 is 85.3 Å². The Morgan fingerprint density at radius 2 is 0.400 bits per heavy atom. The van der Waals surface area contributed by atoms with Crippen LogP contribution in [-0.4, -0.2) is 71.6 Å². The van der Waals surface area contributed by atoms with Crippen LogP contribution in [-0.2, 0) is 57.5 Å². The Hall–Kier alpha value is -12.2. The van der Waals surface area contributed by atoms with Crippen molar-refractivity contribution < 1.29 is 143 Å². The smallest absolute Gasteiger partial charge is 0.308 e. The third kappa shape index (κ3) is 15.0. The van der Waals surface area contributed by atoms with Crippen LogP contribution in [0.25, 0.3) is 11.1 Å². The molecule has 0 N–H and O–H groups in total. The van der Waals surface area contributed by atoms with Gasteiger partial charge in [-0.15, -0.1) is 0 Å². The molecule has 6 aromatic carbocycles. The van der Waals surface area contributed by atoms with E-state index < -0.39 is 186 Å². The largest absolute Gasteiger partial charge is 0.449 e. The predicted octanol–water partition coefficient (Wildman–Crippen LogP) is 9.84. The number of benzene rings is 6. The minimum atomic E-state index is -1.10. The van der Waals surface area contributed by atoms with Gasteiger partial charge in [0.1, 0.15) is 46.0 Å². The van der Waals surface area contributed by atoms with Crippen LogP contribution in [0.1, 0.15) is 83.1 Å². The van der Waals surface area contributed by atoms with Gasteiger partial charge in [-0.2, -0.15) is 0 Å². The first kappa shape index (κ1) is 63.8. The molecule has 6 aromatic rings. The van der Waals surface area contributed by atoms with E-state index >= 15 is 0 Å². The highest BCUT2D eigenvalue weighted by Crippen LogP contribution is 2.69. The maximum atomic E-state index is 13.3. The molecule has 2 heterocycles. The minimum Gasteiger partial charge on any atom is -0.449 e. The van der Waals surface area contributed by atoms with Gasteiger partial charge in [-0.1, -0.05) is 0 Å². The van der Waals surface area contributed by atoms with Crippen LogP contribution in [0.15, 0.2) is 60.7 Å². The molecule has 90 heavy (non-hydrogen) atoms. The van der Waals surface area contributed by atoms with Crippen molar-refractivity contribution in [2.24, 2.45) is 0 Å². The lowest BCUT2D eigenvalue weighted by Crippen LogP contribution is -2.15. The van der Waals surface area contributed by atoms with Gasteiger partial charge in [0, 0.05) is 144 Å². The van der Waals surface area contributed by atoms with Crippen LogP contribution in [0.5, 0.6) is 138 Å². The van der Waals surface area contributed by atoms with E-state index in [0.717, 1.165) is 144 Å². The van der Waals surface area contributed by atoms with Gasteiger partial charge in [-0.25, -0.2) is 0 Å². The van der Waals surface area contributed by atoms with Crippen LogP contribution >= 0.6 is 0 Å². The maximum absolute atomic E-state index is 13.3. The van der Waals surface area contributed by atoms with E-state index in [0.29, 0.717) is 0 Å². The lowest BCUT2D eigenvalue weighted by molar-refractivity contribution is -0.133. The number of rotatable bonds is 17. The van der Waals surface area contributed by atoms with Gasteiger partial charge in [0.2, 0.25) is 46.0 Å². The first-order valence-electron chi connectivity index (χ1n) is 25.8. The molecule has 0 atom stereocenters. The Morgan fingerprint density at radius 3 is 0.644 bits per heavy atom. The molecule has 0 bridgehead atoms. The third-order valence-electron chi connectivity index (χ3n) is 10.9. The summed E-state index contributed by atoms with van der Waals surface area (Å²) < 4.78 is 105. The van der Waals surface area contributed by atoms with Crippen molar-refractivity contribution >= 4 is 71.6 Å². The summed E-state index contributed by atoms with van der Waals surface area (Å²) in [5, 5.41) is 0. The Kier molecular flexibility index (Phi) is 18.5. The second kappa shape index (κ2) is 26.2. The highest BCUT2D eigenvalue weighted by molar-refractivity contribution is 5.97. The number of carbonyl (C=O) groups excluding carboxylic acids is 12. The lowest BCUT2D eigenvalue weighted by atomic mass is 9.97. The molecular formula is C60H46O30. The molecule has 2 aliphatic heterocycles. The van der Waals surface area contributed by atoms with Gasteiger partial charge in [-0.05, 0) is 0 Å². The summed E-state index contributed by atoms with van der Waals surface area (Å²) in [5.41, 5.74) is -1.23. The Morgan fingerprint density at radius 1 is 0.211 bits per heavy atom. The number of hydrogen-bond donors (Lipinski definition) is 0.